The van der Waals surface area contributed by atoms with Gasteiger partial charge in [0.2, 0.25) is 5.91 Å². The second-order valence-corrected chi connectivity index (χ2v) is 8.14. The Balaban J connectivity index is 0.000000189. The summed E-state index contributed by atoms with van der Waals surface area (Å²) in [5, 5.41) is 9.11. The van der Waals surface area contributed by atoms with Crippen LogP contribution in [0.5, 0.6) is 0 Å². The number of aryl methyl sites for hydroxylation is 1. The zero-order valence-corrected chi connectivity index (χ0v) is 20.1. The number of aromatic nitrogens is 1. The van der Waals surface area contributed by atoms with Crippen LogP contribution in [0.3, 0.4) is 0 Å². The fraction of sp³-hybridized carbons (Fsp3) is 0.321. The van der Waals surface area contributed by atoms with Crippen LogP contribution in [-0.4, -0.2) is 63.5 Å². The molecule has 2 aliphatic heterocycles. The molecule has 1 aromatic heterocycles. The van der Waals surface area contributed by atoms with Crippen molar-refractivity contribution in [3.63, 3.8) is 0 Å². The quantitative estimate of drug-likeness (QED) is 0.638. The number of nitrogens with zero attached hydrogens (tertiary/aromatic N) is 3. The van der Waals surface area contributed by atoms with Gasteiger partial charge in [-0.3, -0.25) is 14.6 Å². The minimum absolute atomic E-state index is 0.00120. The van der Waals surface area contributed by atoms with Crippen LogP contribution in [0.4, 0.5) is 0 Å². The number of pyridine rings is 1. The number of carbonyl (C=O) groups is 2. The van der Waals surface area contributed by atoms with E-state index in [9.17, 15) is 9.59 Å². The molecule has 1 N–H and O–H groups in total. The highest BCUT2D eigenvalue weighted by Crippen LogP contribution is 2.30. The maximum atomic E-state index is 12.2. The van der Waals surface area contributed by atoms with Gasteiger partial charge < -0.3 is 14.9 Å². The molecule has 34 heavy (non-hydrogen) atoms. The van der Waals surface area contributed by atoms with E-state index >= 15 is 0 Å². The van der Waals surface area contributed by atoms with E-state index in [2.05, 4.69) is 60.4 Å². The molecule has 2 atom stereocenters. The summed E-state index contributed by atoms with van der Waals surface area (Å²) in [6.07, 6.45) is 3.88. The molecule has 0 radical (unpaired) electrons. The standard InChI is InChI=1S/C13H15N3O3.C13H12.C2H6/c17-8-11-4-10-6-15(7-12(18)16(10)11)13(19)9-2-1-3-14-5-9;1-11-7-5-6-10-13(11)12-8-3-2-4-9-12;1-2/h1-3,5,10-11,17H,4,6-8H2;2-10H,1H3;1-2H3. The SMILES string of the molecule is CC.Cc1ccccc1-c1ccccc1.O=C(c1cccnc1)N1CC(=O)N2C(CO)CC2C1. The number of piperazine rings is 1. The minimum Gasteiger partial charge on any atom is -0.394 e. The minimum atomic E-state index is -0.159. The van der Waals surface area contributed by atoms with Crippen LogP contribution >= 0.6 is 0 Å². The lowest BCUT2D eigenvalue weighted by molar-refractivity contribution is -0.155. The molecular weight excluding hydrogens is 426 g/mol. The van der Waals surface area contributed by atoms with Crippen LogP contribution in [0.25, 0.3) is 11.1 Å². The average molecular weight is 460 g/mol. The van der Waals surface area contributed by atoms with Gasteiger partial charge in [-0.25, -0.2) is 0 Å². The third kappa shape index (κ3) is 5.69. The Hall–Kier alpha value is -3.51. The third-order valence-electron chi connectivity index (χ3n) is 6.01. The number of benzene rings is 2. The smallest absolute Gasteiger partial charge is 0.255 e. The molecular formula is C28H33N3O3. The molecule has 3 aromatic rings. The van der Waals surface area contributed by atoms with Crippen molar-refractivity contribution in [2.24, 2.45) is 0 Å². The maximum Gasteiger partial charge on any atom is 0.255 e. The molecule has 2 aliphatic rings. The topological polar surface area (TPSA) is 73.7 Å². The van der Waals surface area contributed by atoms with Crippen molar-refractivity contribution in [1.82, 2.24) is 14.8 Å². The molecule has 3 heterocycles. The van der Waals surface area contributed by atoms with Crippen molar-refractivity contribution in [3.05, 3.63) is 90.3 Å². The normalized spacial score (nSPS) is 18.4. The largest absolute Gasteiger partial charge is 0.394 e. The van der Waals surface area contributed by atoms with Crippen LogP contribution in [0, 0.1) is 6.92 Å². The fourth-order valence-corrected chi connectivity index (χ4v) is 4.34. The van der Waals surface area contributed by atoms with Gasteiger partial charge in [-0.15, -0.1) is 0 Å². The molecule has 178 valence electrons. The maximum absolute atomic E-state index is 12.2. The van der Waals surface area contributed by atoms with Gasteiger partial charge in [-0.05, 0) is 42.2 Å². The summed E-state index contributed by atoms with van der Waals surface area (Å²) in [5.41, 5.74) is 4.44. The number of carbonyl (C=O) groups excluding carboxylic acids is 2. The molecule has 0 saturated carbocycles. The number of aliphatic hydroxyl groups is 1. The Kier molecular flexibility index (Phi) is 8.93. The molecule has 6 heteroatoms. The first-order chi connectivity index (χ1) is 16.6. The van der Waals surface area contributed by atoms with Gasteiger partial charge in [-0.2, -0.15) is 0 Å². The van der Waals surface area contributed by atoms with E-state index in [1.54, 1.807) is 28.1 Å². The highest BCUT2D eigenvalue weighted by atomic mass is 16.3. The monoisotopic (exact) mass is 459 g/mol. The van der Waals surface area contributed by atoms with Gasteiger partial charge in [0.15, 0.2) is 0 Å². The fourth-order valence-electron chi connectivity index (χ4n) is 4.34. The van der Waals surface area contributed by atoms with Crippen molar-refractivity contribution in [2.45, 2.75) is 39.3 Å². The first kappa shape index (κ1) is 25.1. The van der Waals surface area contributed by atoms with E-state index in [0.717, 1.165) is 6.42 Å². The van der Waals surface area contributed by atoms with Crippen molar-refractivity contribution < 1.29 is 14.7 Å². The first-order valence-corrected chi connectivity index (χ1v) is 11.8. The second kappa shape index (κ2) is 12.1. The lowest BCUT2D eigenvalue weighted by Crippen LogP contribution is -2.69. The molecule has 0 spiro atoms. The molecule has 2 unspecified atom stereocenters. The van der Waals surface area contributed by atoms with Crippen LogP contribution in [-0.2, 0) is 4.79 Å². The predicted molar refractivity (Wildman–Crippen MR) is 134 cm³/mol. The Morgan fingerprint density at radius 1 is 1.03 bits per heavy atom. The summed E-state index contributed by atoms with van der Waals surface area (Å²) in [6.45, 7) is 6.76. The van der Waals surface area contributed by atoms with Crippen molar-refractivity contribution in [1.29, 1.82) is 0 Å². The molecule has 6 nitrogen and oxygen atoms in total. The molecule has 2 fully saturated rings. The third-order valence-corrected chi connectivity index (χ3v) is 6.01. The number of fused-ring (bicyclic) bond motifs is 1. The van der Waals surface area contributed by atoms with Crippen LogP contribution < -0.4 is 0 Å². The highest BCUT2D eigenvalue weighted by Gasteiger charge is 2.46. The Labute approximate surface area is 201 Å². The zero-order valence-electron chi connectivity index (χ0n) is 20.1. The van der Waals surface area contributed by atoms with Crippen LogP contribution in [0.15, 0.2) is 79.1 Å². The van der Waals surface area contributed by atoms with Gasteiger partial charge in [0, 0.05) is 18.9 Å². The Bertz CT molecular complexity index is 1070. The van der Waals surface area contributed by atoms with Gasteiger partial charge in [0.1, 0.15) is 6.54 Å². The zero-order chi connectivity index (χ0) is 24.5. The molecule has 2 aromatic carbocycles. The van der Waals surface area contributed by atoms with Crippen LogP contribution in [0.2, 0.25) is 0 Å². The van der Waals surface area contributed by atoms with Crippen molar-refractivity contribution in [2.75, 3.05) is 19.7 Å². The number of hydrogen-bond acceptors (Lipinski definition) is 4. The molecule has 2 amide bonds. The van der Waals surface area contributed by atoms with E-state index in [4.69, 9.17) is 5.11 Å². The average Bonchev–Trinajstić information content (AvgIpc) is 2.87. The molecule has 0 aliphatic carbocycles. The number of amides is 2. The van der Waals surface area contributed by atoms with E-state index in [1.807, 2.05) is 19.9 Å². The molecule has 2 saturated heterocycles. The number of aliphatic hydroxyl groups excluding tert-OH is 1. The lowest BCUT2D eigenvalue weighted by Gasteiger charge is -2.53. The summed E-state index contributed by atoms with van der Waals surface area (Å²) in [5.74, 6) is -0.243. The van der Waals surface area contributed by atoms with E-state index in [0.29, 0.717) is 12.1 Å². The molecule has 0 bridgehead atoms. The summed E-state index contributed by atoms with van der Waals surface area (Å²) < 4.78 is 0. The van der Waals surface area contributed by atoms with E-state index in [1.165, 1.54) is 22.9 Å². The summed E-state index contributed by atoms with van der Waals surface area (Å²) >= 11 is 0. The highest BCUT2D eigenvalue weighted by molar-refractivity contribution is 5.97. The first-order valence-electron chi connectivity index (χ1n) is 11.8. The number of rotatable bonds is 3. The molecule has 5 rings (SSSR count). The summed E-state index contributed by atoms with van der Waals surface area (Å²) in [4.78, 5) is 31.4. The number of hydrogen-bond donors (Lipinski definition) is 1. The van der Waals surface area contributed by atoms with Crippen molar-refractivity contribution >= 4 is 11.8 Å². The summed E-state index contributed by atoms with van der Waals surface area (Å²) in [6, 6.07) is 22.3. The van der Waals surface area contributed by atoms with E-state index < -0.39 is 0 Å². The van der Waals surface area contributed by atoms with Crippen LogP contribution in [0.1, 0.15) is 36.2 Å². The summed E-state index contributed by atoms with van der Waals surface area (Å²) in [7, 11) is 0. The lowest BCUT2D eigenvalue weighted by atomic mass is 9.90. The van der Waals surface area contributed by atoms with Gasteiger partial charge in [0.25, 0.3) is 5.91 Å². The van der Waals surface area contributed by atoms with Gasteiger partial charge >= 0.3 is 0 Å². The van der Waals surface area contributed by atoms with Crippen molar-refractivity contribution in [3.8, 4) is 11.1 Å². The Morgan fingerprint density at radius 2 is 1.74 bits per heavy atom. The van der Waals surface area contributed by atoms with E-state index in [-0.39, 0.29) is 37.0 Å². The Morgan fingerprint density at radius 3 is 2.35 bits per heavy atom. The second-order valence-electron chi connectivity index (χ2n) is 8.14. The predicted octanol–water partition coefficient (Wildman–Crippen LogP) is 4.19. The van der Waals surface area contributed by atoms with Gasteiger partial charge in [-0.1, -0.05) is 68.4 Å². The van der Waals surface area contributed by atoms with Gasteiger partial charge in [0.05, 0.1) is 24.3 Å².